The topological polar surface area (TPSA) is 46.5 Å². The third-order valence-corrected chi connectivity index (χ3v) is 3.29. The molecule has 0 aliphatic carbocycles. The molecule has 0 aromatic heterocycles. The average molecular weight is 236 g/mol. The van der Waals surface area contributed by atoms with Crippen LogP contribution in [0.25, 0.3) is 0 Å². The maximum atomic E-state index is 12.0. The molecule has 1 aromatic rings. The van der Waals surface area contributed by atoms with Gasteiger partial charge < -0.3 is 9.84 Å². The van der Waals surface area contributed by atoms with Crippen LogP contribution in [0, 0.1) is 0 Å². The lowest BCUT2D eigenvalue weighted by atomic mass is 10.2. The third kappa shape index (κ3) is 2.65. The van der Waals surface area contributed by atoms with Crippen molar-refractivity contribution in [3.8, 4) is 0 Å². The summed E-state index contributed by atoms with van der Waals surface area (Å²) in [6.07, 6.45) is 1.64. The third-order valence-electron chi connectivity index (χ3n) is 3.29. The number of carbonyl (C=O) groups is 1. The van der Waals surface area contributed by atoms with Crippen molar-refractivity contribution in [1.29, 1.82) is 0 Å². The van der Waals surface area contributed by atoms with Crippen LogP contribution >= 0.6 is 0 Å². The minimum atomic E-state index is -0.311. The molecule has 1 heterocycles. The molecular formula is C13H18NO3+. The number of aliphatic hydroxyl groups is 1. The highest BCUT2D eigenvalue weighted by atomic mass is 16.6. The molecule has 0 radical (unpaired) electrons. The molecule has 17 heavy (non-hydrogen) atoms. The number of amides is 1. The summed E-state index contributed by atoms with van der Waals surface area (Å²) in [6.45, 7) is 1.49. The number of likely N-dealkylation sites (tertiary alicyclic amines) is 1. The smallest absolute Gasteiger partial charge is 0.415 e. The maximum Gasteiger partial charge on any atom is 0.518 e. The fraction of sp³-hybridized carbons (Fsp3) is 0.462. The predicted molar refractivity (Wildman–Crippen MR) is 62.9 cm³/mol. The summed E-state index contributed by atoms with van der Waals surface area (Å²) in [5.41, 5.74) is 0.969. The van der Waals surface area contributed by atoms with E-state index in [0.29, 0.717) is 13.1 Å². The van der Waals surface area contributed by atoms with Gasteiger partial charge in [0, 0.05) is 12.8 Å². The van der Waals surface area contributed by atoms with Crippen LogP contribution in [0.5, 0.6) is 0 Å². The lowest BCUT2D eigenvalue weighted by Gasteiger charge is -2.26. The number of hydrogen-bond donors (Lipinski definition) is 1. The highest BCUT2D eigenvalue weighted by Crippen LogP contribution is 2.20. The number of aliphatic hydroxyl groups excluding tert-OH is 1. The lowest BCUT2D eigenvalue weighted by Crippen LogP contribution is -2.51. The van der Waals surface area contributed by atoms with Crippen LogP contribution in [-0.2, 0) is 11.3 Å². The number of rotatable bonds is 3. The van der Waals surface area contributed by atoms with Gasteiger partial charge in [-0.15, -0.1) is 0 Å². The maximum absolute atomic E-state index is 12.0. The molecule has 1 aliphatic rings. The molecule has 1 aliphatic heterocycles. The summed E-state index contributed by atoms with van der Waals surface area (Å²) in [5, 5.41) is 9.36. The number of ether oxygens (including phenoxy) is 1. The quantitative estimate of drug-likeness (QED) is 0.815. The van der Waals surface area contributed by atoms with E-state index < -0.39 is 0 Å². The largest absolute Gasteiger partial charge is 0.518 e. The number of benzene rings is 1. The van der Waals surface area contributed by atoms with Crippen LogP contribution in [0.3, 0.4) is 0 Å². The Labute approximate surface area is 101 Å². The van der Waals surface area contributed by atoms with Crippen molar-refractivity contribution in [3.05, 3.63) is 35.9 Å². The van der Waals surface area contributed by atoms with Crippen LogP contribution in [0.1, 0.15) is 18.4 Å². The van der Waals surface area contributed by atoms with E-state index in [9.17, 15) is 9.90 Å². The number of carbonyl (C=O) groups excluding carboxylic acids is 1. The first-order chi connectivity index (χ1) is 8.27. The zero-order valence-electron chi connectivity index (χ0n) is 9.84. The lowest BCUT2D eigenvalue weighted by molar-refractivity contribution is -0.865. The van der Waals surface area contributed by atoms with Crippen molar-refractivity contribution < 1.29 is 19.1 Å². The van der Waals surface area contributed by atoms with Crippen molar-refractivity contribution in [3.63, 3.8) is 0 Å². The van der Waals surface area contributed by atoms with Crippen LogP contribution in [0.2, 0.25) is 0 Å². The molecule has 4 heteroatoms. The first-order valence-corrected chi connectivity index (χ1v) is 5.95. The molecule has 0 spiro atoms. The first-order valence-electron chi connectivity index (χ1n) is 5.95. The van der Waals surface area contributed by atoms with Gasteiger partial charge in [-0.1, -0.05) is 30.3 Å². The Morgan fingerprint density at radius 2 is 1.88 bits per heavy atom. The Morgan fingerprint density at radius 3 is 2.47 bits per heavy atom. The van der Waals surface area contributed by atoms with E-state index in [1.807, 2.05) is 30.3 Å². The Balaban J connectivity index is 1.93. The van der Waals surface area contributed by atoms with Gasteiger partial charge in [-0.2, -0.15) is 4.79 Å². The normalized spacial score (nSPS) is 17.9. The zero-order chi connectivity index (χ0) is 12.1. The summed E-state index contributed by atoms with van der Waals surface area (Å²) >= 11 is 0. The molecule has 1 fully saturated rings. The fourth-order valence-electron chi connectivity index (χ4n) is 2.18. The molecule has 1 N–H and O–H groups in total. The predicted octanol–water partition coefficient (Wildman–Crippen LogP) is 1.88. The van der Waals surface area contributed by atoms with Crippen LogP contribution in [0.15, 0.2) is 30.3 Å². The second kappa shape index (κ2) is 5.29. The standard InChI is InChI=1S/C13H18NO3/c15-11-14(8-4-5-9-14)13(16)17-10-12-6-2-1-3-7-12/h1-3,6-7,15H,4-5,8-11H2/q+1. The van der Waals surface area contributed by atoms with Crippen molar-refractivity contribution in [2.75, 3.05) is 19.8 Å². The number of hydrogen-bond acceptors (Lipinski definition) is 3. The van der Waals surface area contributed by atoms with Gasteiger partial charge in [0.2, 0.25) is 0 Å². The van der Waals surface area contributed by atoms with Crippen LogP contribution < -0.4 is 0 Å². The summed E-state index contributed by atoms with van der Waals surface area (Å²) in [6, 6.07) is 9.58. The minimum absolute atomic E-state index is 0.0623. The van der Waals surface area contributed by atoms with Gasteiger partial charge in [0.1, 0.15) is 6.61 Å². The second-order valence-electron chi connectivity index (χ2n) is 4.48. The van der Waals surface area contributed by atoms with E-state index >= 15 is 0 Å². The summed E-state index contributed by atoms with van der Waals surface area (Å²) in [7, 11) is 0. The molecule has 92 valence electrons. The summed E-state index contributed by atoms with van der Waals surface area (Å²) in [4.78, 5) is 12.0. The molecule has 1 aromatic carbocycles. The van der Waals surface area contributed by atoms with Crippen molar-refractivity contribution >= 4 is 6.09 Å². The Morgan fingerprint density at radius 1 is 1.24 bits per heavy atom. The number of nitrogens with zero attached hydrogens (tertiary/aromatic N) is 1. The van der Waals surface area contributed by atoms with E-state index in [0.717, 1.165) is 18.4 Å². The molecule has 1 amide bonds. The summed E-state index contributed by atoms with van der Waals surface area (Å²) < 4.78 is 5.34. The van der Waals surface area contributed by atoms with Gasteiger partial charge in [0.25, 0.3) is 0 Å². The van der Waals surface area contributed by atoms with E-state index in [4.69, 9.17) is 4.74 Å². The molecule has 0 saturated carbocycles. The molecule has 1 saturated heterocycles. The van der Waals surface area contributed by atoms with E-state index in [-0.39, 0.29) is 23.9 Å². The van der Waals surface area contributed by atoms with Gasteiger partial charge in [0.15, 0.2) is 6.73 Å². The van der Waals surface area contributed by atoms with Crippen molar-refractivity contribution in [2.24, 2.45) is 0 Å². The Bertz CT molecular complexity index is 372. The second-order valence-corrected chi connectivity index (χ2v) is 4.48. The first kappa shape index (κ1) is 12.1. The molecule has 0 unspecified atom stereocenters. The highest BCUT2D eigenvalue weighted by molar-refractivity contribution is 5.59. The van der Waals surface area contributed by atoms with Crippen LogP contribution in [0.4, 0.5) is 4.79 Å². The zero-order valence-corrected chi connectivity index (χ0v) is 9.84. The number of quaternary nitrogens is 1. The molecular weight excluding hydrogens is 218 g/mol. The average Bonchev–Trinajstić information content (AvgIpc) is 2.87. The highest BCUT2D eigenvalue weighted by Gasteiger charge is 2.41. The van der Waals surface area contributed by atoms with Gasteiger partial charge in [-0.05, 0) is 5.56 Å². The molecule has 2 rings (SSSR count). The van der Waals surface area contributed by atoms with Gasteiger partial charge in [-0.3, -0.25) is 0 Å². The van der Waals surface area contributed by atoms with Gasteiger partial charge >= 0.3 is 6.09 Å². The van der Waals surface area contributed by atoms with E-state index in [2.05, 4.69) is 0 Å². The molecule has 0 bridgehead atoms. The van der Waals surface area contributed by atoms with Gasteiger partial charge in [-0.25, -0.2) is 4.48 Å². The van der Waals surface area contributed by atoms with Crippen LogP contribution in [-0.4, -0.2) is 35.5 Å². The fourth-order valence-corrected chi connectivity index (χ4v) is 2.18. The molecule has 0 atom stereocenters. The monoisotopic (exact) mass is 236 g/mol. The Kier molecular flexibility index (Phi) is 3.76. The van der Waals surface area contributed by atoms with Crippen molar-refractivity contribution in [1.82, 2.24) is 0 Å². The SMILES string of the molecule is O=C(OCc1ccccc1)[N+]1(CO)CCCC1. The van der Waals surface area contributed by atoms with E-state index in [1.165, 1.54) is 0 Å². The summed E-state index contributed by atoms with van der Waals surface area (Å²) in [5.74, 6) is 0. The van der Waals surface area contributed by atoms with Crippen molar-refractivity contribution in [2.45, 2.75) is 19.4 Å². The minimum Gasteiger partial charge on any atom is -0.415 e. The molecule has 4 nitrogen and oxygen atoms in total. The van der Waals surface area contributed by atoms with Gasteiger partial charge in [0.05, 0.1) is 13.1 Å². The Hall–Kier alpha value is -1.39. The van der Waals surface area contributed by atoms with E-state index in [1.54, 1.807) is 0 Å².